The third-order valence-electron chi connectivity index (χ3n) is 3.88. The van der Waals surface area contributed by atoms with Gasteiger partial charge in [0.25, 0.3) is 0 Å². The number of ether oxygens (including phenoxy) is 1. The maximum atomic E-state index is 12.2. The summed E-state index contributed by atoms with van der Waals surface area (Å²) in [7, 11) is 0. The highest BCUT2D eigenvalue weighted by atomic mass is 35.5. The van der Waals surface area contributed by atoms with Gasteiger partial charge in [-0.1, -0.05) is 48.0 Å². The minimum absolute atomic E-state index is 0.0260. The number of Topliss-reactive ketones (excluding diaryl/α,β-unsaturated/α-hetero) is 1. The lowest BCUT2D eigenvalue weighted by atomic mass is 9.89. The van der Waals surface area contributed by atoms with Crippen molar-refractivity contribution in [1.29, 1.82) is 0 Å². The Balaban J connectivity index is 1.67. The number of hydrogen-bond donors (Lipinski definition) is 0. The smallest absolute Gasteiger partial charge is 0.188 e. The predicted molar refractivity (Wildman–Crippen MR) is 83.9 cm³/mol. The lowest BCUT2D eigenvalue weighted by Crippen LogP contribution is -2.17. The number of benzene rings is 2. The van der Waals surface area contributed by atoms with Gasteiger partial charge in [0.15, 0.2) is 5.78 Å². The Hall–Kier alpha value is -1.64. The van der Waals surface area contributed by atoms with Gasteiger partial charge in [-0.15, -0.1) is 0 Å². The van der Waals surface area contributed by atoms with E-state index in [0.29, 0.717) is 10.6 Å². The van der Waals surface area contributed by atoms with Gasteiger partial charge in [-0.2, -0.15) is 0 Å². The third kappa shape index (κ3) is 3.34. The molecule has 0 heterocycles. The molecule has 0 aliphatic heterocycles. The van der Waals surface area contributed by atoms with Crippen LogP contribution in [-0.2, 0) is 11.2 Å². The Morgan fingerprint density at radius 1 is 1.19 bits per heavy atom. The fourth-order valence-corrected chi connectivity index (χ4v) is 2.99. The van der Waals surface area contributed by atoms with Crippen LogP contribution in [0.4, 0.5) is 0 Å². The number of ketones is 1. The monoisotopic (exact) mass is 300 g/mol. The molecule has 0 aromatic heterocycles. The van der Waals surface area contributed by atoms with E-state index in [1.165, 1.54) is 11.1 Å². The fourth-order valence-electron chi connectivity index (χ4n) is 2.80. The van der Waals surface area contributed by atoms with E-state index in [1.807, 2.05) is 6.07 Å². The molecule has 1 aliphatic carbocycles. The molecule has 0 bridgehead atoms. The molecule has 0 fully saturated rings. The van der Waals surface area contributed by atoms with Gasteiger partial charge in [0.05, 0.1) is 6.10 Å². The zero-order chi connectivity index (χ0) is 14.7. The second-order valence-corrected chi connectivity index (χ2v) is 5.76. The summed E-state index contributed by atoms with van der Waals surface area (Å²) in [6.07, 6.45) is 3.20. The molecule has 108 valence electrons. The Morgan fingerprint density at radius 2 is 2.05 bits per heavy atom. The topological polar surface area (TPSA) is 26.3 Å². The number of fused-ring (bicyclic) bond motifs is 1. The summed E-state index contributed by atoms with van der Waals surface area (Å²) in [4.78, 5) is 12.2. The molecule has 0 saturated heterocycles. The summed E-state index contributed by atoms with van der Waals surface area (Å²) in [5, 5.41) is 0.573. The minimum atomic E-state index is -0.0273. The highest BCUT2D eigenvalue weighted by Crippen LogP contribution is 2.32. The quantitative estimate of drug-likeness (QED) is 0.770. The molecule has 0 radical (unpaired) electrons. The van der Waals surface area contributed by atoms with Crippen molar-refractivity contribution >= 4 is 17.4 Å². The van der Waals surface area contributed by atoms with Gasteiger partial charge in [0, 0.05) is 10.6 Å². The summed E-state index contributed by atoms with van der Waals surface area (Å²) in [6.45, 7) is 0.0966. The maximum Gasteiger partial charge on any atom is 0.188 e. The van der Waals surface area contributed by atoms with E-state index in [1.54, 1.807) is 24.3 Å². The van der Waals surface area contributed by atoms with Crippen LogP contribution >= 0.6 is 11.6 Å². The van der Waals surface area contributed by atoms with E-state index in [4.69, 9.17) is 16.3 Å². The SMILES string of the molecule is O=C(COC1CCCc2ccccc21)c1cccc(Cl)c1. The largest absolute Gasteiger partial charge is 0.365 e. The maximum absolute atomic E-state index is 12.2. The normalized spacial score (nSPS) is 17.3. The van der Waals surface area contributed by atoms with Crippen molar-refractivity contribution in [1.82, 2.24) is 0 Å². The Labute approximate surface area is 129 Å². The molecule has 1 unspecified atom stereocenters. The fraction of sp³-hybridized carbons (Fsp3) is 0.278. The molecule has 0 N–H and O–H groups in total. The van der Waals surface area contributed by atoms with Crippen LogP contribution < -0.4 is 0 Å². The second-order valence-electron chi connectivity index (χ2n) is 5.32. The molecule has 2 aromatic rings. The standard InChI is InChI=1S/C18H17ClO2/c19-15-8-3-7-14(11-15)17(20)12-21-18-10-4-6-13-5-1-2-9-16(13)18/h1-3,5,7-9,11,18H,4,6,10,12H2. The molecule has 1 atom stereocenters. The zero-order valence-electron chi connectivity index (χ0n) is 11.7. The Morgan fingerprint density at radius 3 is 2.90 bits per heavy atom. The molecule has 1 aliphatic rings. The van der Waals surface area contributed by atoms with Gasteiger partial charge in [-0.05, 0) is 42.5 Å². The number of carbonyl (C=O) groups excluding carboxylic acids is 1. The molecule has 2 aromatic carbocycles. The molecule has 21 heavy (non-hydrogen) atoms. The second kappa shape index (κ2) is 6.42. The van der Waals surface area contributed by atoms with Crippen LogP contribution in [0.15, 0.2) is 48.5 Å². The first-order valence-electron chi connectivity index (χ1n) is 7.22. The van der Waals surface area contributed by atoms with Gasteiger partial charge in [-0.25, -0.2) is 0 Å². The van der Waals surface area contributed by atoms with Crippen LogP contribution in [0.2, 0.25) is 5.02 Å². The summed E-state index contributed by atoms with van der Waals surface area (Å²) >= 11 is 5.91. The Kier molecular flexibility index (Phi) is 4.37. The number of hydrogen-bond acceptors (Lipinski definition) is 2. The van der Waals surface area contributed by atoms with Crippen molar-refractivity contribution < 1.29 is 9.53 Å². The lowest BCUT2D eigenvalue weighted by Gasteiger charge is -2.25. The summed E-state index contributed by atoms with van der Waals surface area (Å²) in [5.41, 5.74) is 3.16. The van der Waals surface area contributed by atoms with Crippen LogP contribution in [-0.4, -0.2) is 12.4 Å². The molecule has 0 spiro atoms. The molecule has 0 amide bonds. The van der Waals surface area contributed by atoms with Crippen LogP contribution in [0.1, 0.15) is 40.4 Å². The van der Waals surface area contributed by atoms with Crippen LogP contribution in [0.3, 0.4) is 0 Å². The van der Waals surface area contributed by atoms with Gasteiger partial charge in [0.2, 0.25) is 0 Å². The van der Waals surface area contributed by atoms with Crippen LogP contribution in [0, 0.1) is 0 Å². The zero-order valence-corrected chi connectivity index (χ0v) is 12.5. The van der Waals surface area contributed by atoms with Crippen molar-refractivity contribution in [3.8, 4) is 0 Å². The van der Waals surface area contributed by atoms with Gasteiger partial charge in [0.1, 0.15) is 6.61 Å². The average molecular weight is 301 g/mol. The highest BCUT2D eigenvalue weighted by molar-refractivity contribution is 6.31. The van der Waals surface area contributed by atoms with Crippen LogP contribution in [0.5, 0.6) is 0 Å². The first-order chi connectivity index (χ1) is 10.2. The van der Waals surface area contributed by atoms with Crippen molar-refractivity contribution in [2.24, 2.45) is 0 Å². The molecule has 3 rings (SSSR count). The molecule has 3 heteroatoms. The summed E-state index contributed by atoms with van der Waals surface area (Å²) < 4.78 is 5.87. The van der Waals surface area contributed by atoms with E-state index in [2.05, 4.69) is 18.2 Å². The minimum Gasteiger partial charge on any atom is -0.365 e. The van der Waals surface area contributed by atoms with Crippen molar-refractivity contribution in [2.45, 2.75) is 25.4 Å². The summed E-state index contributed by atoms with van der Waals surface area (Å²) in [6, 6.07) is 15.3. The number of carbonyl (C=O) groups is 1. The number of aryl methyl sites for hydroxylation is 1. The molecule has 0 saturated carbocycles. The van der Waals surface area contributed by atoms with E-state index < -0.39 is 0 Å². The highest BCUT2D eigenvalue weighted by Gasteiger charge is 2.21. The first kappa shape index (κ1) is 14.3. The van der Waals surface area contributed by atoms with E-state index in [9.17, 15) is 4.79 Å². The van der Waals surface area contributed by atoms with E-state index >= 15 is 0 Å². The predicted octanol–water partition coefficient (Wildman–Crippen LogP) is 4.62. The third-order valence-corrected chi connectivity index (χ3v) is 4.11. The Bertz CT molecular complexity index is 651. The van der Waals surface area contributed by atoms with Gasteiger partial charge < -0.3 is 4.74 Å². The number of rotatable bonds is 4. The number of halogens is 1. The van der Waals surface area contributed by atoms with Gasteiger partial charge in [-0.3, -0.25) is 4.79 Å². The molecule has 2 nitrogen and oxygen atoms in total. The first-order valence-corrected chi connectivity index (χ1v) is 7.60. The lowest BCUT2D eigenvalue weighted by molar-refractivity contribution is 0.0372. The van der Waals surface area contributed by atoms with Crippen molar-refractivity contribution in [3.05, 3.63) is 70.2 Å². The van der Waals surface area contributed by atoms with Gasteiger partial charge >= 0.3 is 0 Å². The molecular weight excluding hydrogens is 284 g/mol. The van der Waals surface area contributed by atoms with E-state index in [0.717, 1.165) is 19.3 Å². The van der Waals surface area contributed by atoms with Crippen LogP contribution in [0.25, 0.3) is 0 Å². The molecular formula is C18H17ClO2. The summed E-state index contributed by atoms with van der Waals surface area (Å²) in [5.74, 6) is -0.0273. The van der Waals surface area contributed by atoms with Crippen molar-refractivity contribution in [2.75, 3.05) is 6.61 Å². The van der Waals surface area contributed by atoms with E-state index in [-0.39, 0.29) is 18.5 Å². The van der Waals surface area contributed by atoms with Crippen molar-refractivity contribution in [3.63, 3.8) is 0 Å². The average Bonchev–Trinajstić information content (AvgIpc) is 2.52.